The average Bonchev–Trinajstić information content (AvgIpc) is 2.26. The van der Waals surface area contributed by atoms with Crippen LogP contribution in [0.4, 0.5) is 0 Å². The quantitative estimate of drug-likeness (QED) is 0.659. The van der Waals surface area contributed by atoms with Gasteiger partial charge in [0.05, 0.1) is 13.2 Å². The monoisotopic (exact) mass is 201 g/mol. The van der Waals surface area contributed by atoms with Crippen molar-refractivity contribution in [3.8, 4) is 0 Å². The molecule has 1 aliphatic rings. The minimum Gasteiger partial charge on any atom is -0.381 e. The van der Waals surface area contributed by atoms with Gasteiger partial charge in [-0.05, 0) is 32.2 Å². The molecule has 2 atom stereocenters. The lowest BCUT2D eigenvalue weighted by Gasteiger charge is -2.29. The van der Waals surface area contributed by atoms with Crippen LogP contribution in [0.5, 0.6) is 0 Å². The highest BCUT2D eigenvalue weighted by Crippen LogP contribution is 2.17. The third-order valence-corrected chi connectivity index (χ3v) is 2.78. The van der Waals surface area contributed by atoms with E-state index in [1.165, 1.54) is 12.8 Å². The molecule has 1 fully saturated rings. The smallest absolute Gasteiger partial charge is 0.0623 e. The molecule has 0 spiro atoms. The second-order valence-corrected chi connectivity index (χ2v) is 3.95. The zero-order valence-electron chi connectivity index (χ0n) is 9.42. The van der Waals surface area contributed by atoms with Crippen LogP contribution in [0.15, 0.2) is 0 Å². The van der Waals surface area contributed by atoms with Crippen LogP contribution >= 0.6 is 0 Å². The predicted octanol–water partition coefficient (Wildman–Crippen LogP) is 1.43. The second kappa shape index (κ2) is 7.21. The average molecular weight is 201 g/mol. The van der Waals surface area contributed by atoms with Gasteiger partial charge in [0.25, 0.3) is 0 Å². The van der Waals surface area contributed by atoms with Crippen molar-refractivity contribution in [2.24, 2.45) is 5.92 Å². The summed E-state index contributed by atoms with van der Waals surface area (Å²) in [5.74, 6) is 0.630. The molecule has 0 radical (unpaired) electrons. The summed E-state index contributed by atoms with van der Waals surface area (Å²) < 4.78 is 11.0. The summed E-state index contributed by atoms with van der Waals surface area (Å²) in [5.41, 5.74) is 0. The van der Waals surface area contributed by atoms with E-state index in [1.807, 2.05) is 7.05 Å². The lowest BCUT2D eigenvalue weighted by molar-refractivity contribution is 0.0163. The van der Waals surface area contributed by atoms with Crippen LogP contribution in [0.25, 0.3) is 0 Å². The third kappa shape index (κ3) is 3.95. The molecule has 3 heteroatoms. The molecule has 14 heavy (non-hydrogen) atoms. The summed E-state index contributed by atoms with van der Waals surface area (Å²) in [4.78, 5) is 0. The molecular formula is C11H23NO2. The normalized spacial score (nSPS) is 24.9. The maximum Gasteiger partial charge on any atom is 0.0623 e. The van der Waals surface area contributed by atoms with Gasteiger partial charge in [-0.2, -0.15) is 0 Å². The molecule has 3 nitrogen and oxygen atoms in total. The standard InChI is InChI=1S/C11H23NO2/c1-3-6-13-9-11(12-2)10-5-4-7-14-8-10/h10-12H,3-9H2,1-2H3. The van der Waals surface area contributed by atoms with E-state index in [2.05, 4.69) is 12.2 Å². The molecule has 0 aromatic rings. The van der Waals surface area contributed by atoms with Crippen LogP contribution in [0.1, 0.15) is 26.2 Å². The highest BCUT2D eigenvalue weighted by Gasteiger charge is 2.22. The van der Waals surface area contributed by atoms with Crippen molar-refractivity contribution in [1.82, 2.24) is 5.32 Å². The molecule has 1 heterocycles. The highest BCUT2D eigenvalue weighted by atomic mass is 16.5. The Morgan fingerprint density at radius 2 is 2.43 bits per heavy atom. The first-order chi connectivity index (χ1) is 6.88. The van der Waals surface area contributed by atoms with Crippen LogP contribution in [-0.2, 0) is 9.47 Å². The van der Waals surface area contributed by atoms with Gasteiger partial charge in [0, 0.05) is 19.3 Å². The van der Waals surface area contributed by atoms with Crippen LogP contribution < -0.4 is 5.32 Å². The molecule has 0 aliphatic carbocycles. The number of hydrogen-bond acceptors (Lipinski definition) is 3. The van der Waals surface area contributed by atoms with Crippen molar-refractivity contribution in [2.45, 2.75) is 32.2 Å². The van der Waals surface area contributed by atoms with Crippen LogP contribution in [0.2, 0.25) is 0 Å². The summed E-state index contributed by atoms with van der Waals surface area (Å²) in [6.45, 7) is 5.64. The zero-order chi connectivity index (χ0) is 10.2. The molecule has 0 aromatic carbocycles. The number of likely N-dealkylation sites (N-methyl/N-ethyl adjacent to an activating group) is 1. The molecule has 1 rings (SSSR count). The first kappa shape index (κ1) is 12.0. The van der Waals surface area contributed by atoms with Gasteiger partial charge >= 0.3 is 0 Å². The van der Waals surface area contributed by atoms with Gasteiger partial charge in [0.2, 0.25) is 0 Å². The van der Waals surface area contributed by atoms with E-state index in [0.717, 1.165) is 32.8 Å². The third-order valence-electron chi connectivity index (χ3n) is 2.78. The van der Waals surface area contributed by atoms with Crippen LogP contribution in [0.3, 0.4) is 0 Å². The summed E-state index contributed by atoms with van der Waals surface area (Å²) in [7, 11) is 2.01. The Morgan fingerprint density at radius 3 is 3.00 bits per heavy atom. The summed E-state index contributed by atoms with van der Waals surface area (Å²) in [6.07, 6.45) is 3.55. The number of nitrogens with one attached hydrogen (secondary N) is 1. The molecule has 2 unspecified atom stereocenters. The maximum absolute atomic E-state index is 5.57. The Labute approximate surface area is 87.2 Å². The summed E-state index contributed by atoms with van der Waals surface area (Å²) >= 11 is 0. The largest absolute Gasteiger partial charge is 0.381 e. The number of hydrogen-bond donors (Lipinski definition) is 1. The molecule has 1 N–H and O–H groups in total. The molecular weight excluding hydrogens is 178 g/mol. The van der Waals surface area contributed by atoms with Crippen molar-refractivity contribution >= 4 is 0 Å². The van der Waals surface area contributed by atoms with Gasteiger partial charge in [-0.15, -0.1) is 0 Å². The molecule has 1 saturated heterocycles. The van der Waals surface area contributed by atoms with Crippen molar-refractivity contribution < 1.29 is 9.47 Å². The van der Waals surface area contributed by atoms with Crippen molar-refractivity contribution in [2.75, 3.05) is 33.5 Å². The first-order valence-electron chi connectivity index (χ1n) is 5.71. The van der Waals surface area contributed by atoms with E-state index >= 15 is 0 Å². The van der Waals surface area contributed by atoms with Gasteiger partial charge in [0.1, 0.15) is 0 Å². The van der Waals surface area contributed by atoms with Gasteiger partial charge in [0.15, 0.2) is 0 Å². The predicted molar refractivity (Wildman–Crippen MR) is 57.5 cm³/mol. The van der Waals surface area contributed by atoms with Crippen molar-refractivity contribution in [1.29, 1.82) is 0 Å². The lowest BCUT2D eigenvalue weighted by atomic mass is 9.94. The first-order valence-corrected chi connectivity index (χ1v) is 5.71. The molecule has 0 aromatic heterocycles. The van der Waals surface area contributed by atoms with E-state index in [1.54, 1.807) is 0 Å². The SMILES string of the molecule is CCCOCC(NC)C1CCCOC1. The van der Waals surface area contributed by atoms with E-state index in [-0.39, 0.29) is 0 Å². The van der Waals surface area contributed by atoms with E-state index in [0.29, 0.717) is 12.0 Å². The van der Waals surface area contributed by atoms with E-state index in [9.17, 15) is 0 Å². The number of rotatable bonds is 6. The fourth-order valence-corrected chi connectivity index (χ4v) is 1.89. The Bertz CT molecular complexity index is 135. The Morgan fingerprint density at radius 1 is 1.57 bits per heavy atom. The van der Waals surface area contributed by atoms with Crippen molar-refractivity contribution in [3.05, 3.63) is 0 Å². The molecule has 0 saturated carbocycles. The fourth-order valence-electron chi connectivity index (χ4n) is 1.89. The maximum atomic E-state index is 5.57. The Kier molecular flexibility index (Phi) is 6.15. The Hall–Kier alpha value is -0.120. The topological polar surface area (TPSA) is 30.5 Å². The summed E-state index contributed by atoms with van der Waals surface area (Å²) in [6, 6.07) is 0.460. The van der Waals surface area contributed by atoms with Gasteiger partial charge in [-0.1, -0.05) is 6.92 Å². The van der Waals surface area contributed by atoms with Crippen LogP contribution in [-0.4, -0.2) is 39.5 Å². The van der Waals surface area contributed by atoms with E-state index in [4.69, 9.17) is 9.47 Å². The fraction of sp³-hybridized carbons (Fsp3) is 1.00. The summed E-state index contributed by atoms with van der Waals surface area (Å²) in [5, 5.41) is 3.33. The van der Waals surface area contributed by atoms with Gasteiger partial charge in [-0.25, -0.2) is 0 Å². The van der Waals surface area contributed by atoms with Crippen LogP contribution in [0, 0.1) is 5.92 Å². The van der Waals surface area contributed by atoms with Crippen molar-refractivity contribution in [3.63, 3.8) is 0 Å². The highest BCUT2D eigenvalue weighted by molar-refractivity contribution is 4.76. The molecule has 84 valence electrons. The second-order valence-electron chi connectivity index (χ2n) is 3.95. The van der Waals surface area contributed by atoms with E-state index < -0.39 is 0 Å². The van der Waals surface area contributed by atoms with Gasteiger partial charge < -0.3 is 14.8 Å². The lowest BCUT2D eigenvalue weighted by Crippen LogP contribution is -2.41. The van der Waals surface area contributed by atoms with Gasteiger partial charge in [-0.3, -0.25) is 0 Å². The Balaban J connectivity index is 2.21. The minimum absolute atomic E-state index is 0.460. The molecule has 1 aliphatic heterocycles. The minimum atomic E-state index is 0.460. The zero-order valence-corrected chi connectivity index (χ0v) is 9.42. The molecule has 0 bridgehead atoms. The molecule has 0 amide bonds. The number of ether oxygens (including phenoxy) is 2.